The van der Waals surface area contributed by atoms with Crippen LogP contribution in [0, 0.1) is 6.92 Å². The Kier molecular flexibility index (Phi) is 6.07. The number of aryl methyl sites for hydroxylation is 1. The van der Waals surface area contributed by atoms with Crippen LogP contribution in [0.3, 0.4) is 0 Å². The van der Waals surface area contributed by atoms with Crippen molar-refractivity contribution in [2.45, 2.75) is 13.3 Å². The van der Waals surface area contributed by atoms with Crippen LogP contribution in [-0.2, 0) is 16.3 Å². The maximum atomic E-state index is 12.8. The van der Waals surface area contributed by atoms with E-state index in [4.69, 9.17) is 5.73 Å². The fourth-order valence-electron chi connectivity index (χ4n) is 2.87. The van der Waals surface area contributed by atoms with E-state index in [2.05, 4.69) is 9.97 Å². The lowest BCUT2D eigenvalue weighted by molar-refractivity contribution is 0.0987. The van der Waals surface area contributed by atoms with E-state index in [9.17, 15) is 18.0 Å². The van der Waals surface area contributed by atoms with Gasteiger partial charge in [-0.2, -0.15) is 0 Å². The Bertz CT molecular complexity index is 1200. The second-order valence-electron chi connectivity index (χ2n) is 7.15. The van der Waals surface area contributed by atoms with E-state index in [0.717, 1.165) is 17.4 Å². The van der Waals surface area contributed by atoms with Gasteiger partial charge < -0.3 is 5.73 Å². The molecular formula is C22H21N3O4S. The van der Waals surface area contributed by atoms with Gasteiger partial charge >= 0.3 is 0 Å². The van der Waals surface area contributed by atoms with E-state index in [1.165, 1.54) is 18.3 Å². The Hall–Kier alpha value is -3.39. The summed E-state index contributed by atoms with van der Waals surface area (Å²) in [5, 5.41) is 0. The van der Waals surface area contributed by atoms with Gasteiger partial charge in [0.2, 0.25) is 0 Å². The Morgan fingerprint density at radius 1 is 0.967 bits per heavy atom. The molecule has 3 rings (SSSR count). The minimum Gasteiger partial charge on any atom is -0.382 e. The zero-order valence-electron chi connectivity index (χ0n) is 16.6. The number of hydrogen-bond acceptors (Lipinski definition) is 7. The number of carbonyl (C=O) groups is 2. The Morgan fingerprint density at radius 2 is 1.60 bits per heavy atom. The zero-order valence-corrected chi connectivity index (χ0v) is 17.4. The molecule has 1 aromatic heterocycles. The average Bonchev–Trinajstić information content (AvgIpc) is 2.68. The molecule has 0 radical (unpaired) electrons. The van der Waals surface area contributed by atoms with Crippen molar-refractivity contribution in [3.05, 3.63) is 77.1 Å². The summed E-state index contributed by atoms with van der Waals surface area (Å²) in [6, 6.07) is 13.9. The second kappa shape index (κ2) is 8.54. The molecule has 0 amide bonds. The highest BCUT2D eigenvalue weighted by Gasteiger charge is 2.17. The molecule has 0 aliphatic heterocycles. The van der Waals surface area contributed by atoms with Crippen molar-refractivity contribution in [2.75, 3.05) is 17.7 Å². The molecule has 7 nitrogen and oxygen atoms in total. The standard InChI is InChI=1S/C22H21N3O4S/c1-14-3-7-16(8-4-14)18-12-24-22(23)21(25-18)19(26)11-15-5-9-17(10-6-15)20(27)13-30(2,28)29/h3-10,12H,11,13H2,1-2H3,(H2,23,24). The first kappa shape index (κ1) is 21.3. The van der Waals surface area contributed by atoms with E-state index in [-0.39, 0.29) is 29.3 Å². The van der Waals surface area contributed by atoms with Gasteiger partial charge in [-0.15, -0.1) is 0 Å². The highest BCUT2D eigenvalue weighted by Crippen LogP contribution is 2.20. The molecule has 0 aliphatic carbocycles. The third-order valence-electron chi connectivity index (χ3n) is 4.45. The summed E-state index contributed by atoms with van der Waals surface area (Å²) < 4.78 is 22.5. The van der Waals surface area contributed by atoms with E-state index in [1.54, 1.807) is 12.1 Å². The number of nitrogen functional groups attached to an aromatic ring is 1. The van der Waals surface area contributed by atoms with Gasteiger partial charge in [-0.25, -0.2) is 18.4 Å². The molecule has 0 unspecified atom stereocenters. The molecule has 2 aromatic carbocycles. The Balaban J connectivity index is 1.78. The lowest BCUT2D eigenvalue weighted by atomic mass is 10.0. The van der Waals surface area contributed by atoms with Crippen LogP contribution in [0.1, 0.15) is 32.0 Å². The number of carbonyl (C=O) groups excluding carboxylic acids is 2. The predicted molar refractivity (Wildman–Crippen MR) is 115 cm³/mol. The summed E-state index contributed by atoms with van der Waals surface area (Å²) in [5.74, 6) is -1.29. The maximum absolute atomic E-state index is 12.8. The quantitative estimate of drug-likeness (QED) is 0.580. The Morgan fingerprint density at radius 3 is 2.20 bits per heavy atom. The number of nitrogens with two attached hydrogens (primary N) is 1. The second-order valence-corrected chi connectivity index (χ2v) is 9.29. The smallest absolute Gasteiger partial charge is 0.189 e. The van der Waals surface area contributed by atoms with Crippen LogP contribution in [0.15, 0.2) is 54.7 Å². The van der Waals surface area contributed by atoms with Crippen LogP contribution in [0.4, 0.5) is 5.82 Å². The van der Waals surface area contributed by atoms with Crippen LogP contribution in [0.2, 0.25) is 0 Å². The molecule has 0 fully saturated rings. The van der Waals surface area contributed by atoms with Gasteiger partial charge in [-0.1, -0.05) is 54.1 Å². The number of aromatic nitrogens is 2. The summed E-state index contributed by atoms with van der Waals surface area (Å²) in [6.07, 6.45) is 2.56. The number of Topliss-reactive ketones (excluding diaryl/α,β-unsaturated/α-hetero) is 2. The van der Waals surface area contributed by atoms with E-state index in [1.807, 2.05) is 31.2 Å². The summed E-state index contributed by atoms with van der Waals surface area (Å²) in [7, 11) is -3.40. The highest BCUT2D eigenvalue weighted by atomic mass is 32.2. The first-order valence-corrected chi connectivity index (χ1v) is 11.2. The lowest BCUT2D eigenvalue weighted by Gasteiger charge is -2.08. The average molecular weight is 423 g/mol. The molecule has 1 heterocycles. The van der Waals surface area contributed by atoms with Gasteiger partial charge in [0.05, 0.1) is 11.9 Å². The van der Waals surface area contributed by atoms with Crippen molar-refractivity contribution >= 4 is 27.2 Å². The molecule has 0 aliphatic rings. The van der Waals surface area contributed by atoms with Crippen molar-refractivity contribution in [1.82, 2.24) is 9.97 Å². The fraction of sp³-hybridized carbons (Fsp3) is 0.182. The molecule has 0 bridgehead atoms. The third-order valence-corrected chi connectivity index (χ3v) is 5.23. The first-order valence-electron chi connectivity index (χ1n) is 9.15. The topological polar surface area (TPSA) is 120 Å². The van der Waals surface area contributed by atoms with Crippen molar-refractivity contribution in [3.63, 3.8) is 0 Å². The summed E-state index contributed by atoms with van der Waals surface area (Å²) in [4.78, 5) is 33.2. The van der Waals surface area contributed by atoms with Crippen LogP contribution in [-0.4, -0.2) is 42.0 Å². The van der Waals surface area contributed by atoms with E-state index in [0.29, 0.717) is 11.3 Å². The van der Waals surface area contributed by atoms with Crippen molar-refractivity contribution in [3.8, 4) is 11.3 Å². The van der Waals surface area contributed by atoms with Crippen LogP contribution < -0.4 is 5.73 Å². The lowest BCUT2D eigenvalue weighted by Crippen LogP contribution is -2.15. The highest BCUT2D eigenvalue weighted by molar-refractivity contribution is 7.91. The molecule has 8 heteroatoms. The summed E-state index contributed by atoms with van der Waals surface area (Å²) in [5.41, 5.74) is 9.38. The third kappa shape index (κ3) is 5.36. The minimum atomic E-state index is -3.40. The van der Waals surface area contributed by atoms with Gasteiger partial charge in [-0.3, -0.25) is 9.59 Å². The fourth-order valence-corrected chi connectivity index (χ4v) is 3.51. The Labute approximate surface area is 174 Å². The normalized spacial score (nSPS) is 11.3. The van der Waals surface area contributed by atoms with Crippen LogP contribution in [0.25, 0.3) is 11.3 Å². The molecule has 154 valence electrons. The summed E-state index contributed by atoms with van der Waals surface area (Å²) >= 11 is 0. The molecule has 0 saturated carbocycles. The van der Waals surface area contributed by atoms with E-state index < -0.39 is 21.4 Å². The number of nitrogens with zero attached hydrogens (tertiary/aromatic N) is 2. The van der Waals surface area contributed by atoms with Gasteiger partial charge in [0, 0.05) is 23.8 Å². The minimum absolute atomic E-state index is 0.0246. The summed E-state index contributed by atoms with van der Waals surface area (Å²) in [6.45, 7) is 1.98. The number of benzene rings is 2. The van der Waals surface area contributed by atoms with Crippen molar-refractivity contribution in [2.24, 2.45) is 0 Å². The van der Waals surface area contributed by atoms with Crippen molar-refractivity contribution in [1.29, 1.82) is 0 Å². The monoisotopic (exact) mass is 423 g/mol. The van der Waals surface area contributed by atoms with Gasteiger partial charge in [0.25, 0.3) is 0 Å². The number of hydrogen-bond donors (Lipinski definition) is 1. The van der Waals surface area contributed by atoms with Gasteiger partial charge in [0.15, 0.2) is 27.2 Å². The molecule has 2 N–H and O–H groups in total. The molecule has 30 heavy (non-hydrogen) atoms. The molecular weight excluding hydrogens is 402 g/mol. The van der Waals surface area contributed by atoms with E-state index >= 15 is 0 Å². The first-order chi connectivity index (χ1) is 14.1. The molecule has 3 aromatic rings. The molecule has 0 atom stereocenters. The van der Waals surface area contributed by atoms with Gasteiger partial charge in [-0.05, 0) is 12.5 Å². The number of anilines is 1. The largest absolute Gasteiger partial charge is 0.382 e. The number of ketones is 2. The van der Waals surface area contributed by atoms with Crippen LogP contribution in [0.5, 0.6) is 0 Å². The maximum Gasteiger partial charge on any atom is 0.189 e. The van der Waals surface area contributed by atoms with Gasteiger partial charge in [0.1, 0.15) is 11.4 Å². The predicted octanol–water partition coefficient (Wildman–Crippen LogP) is 2.69. The molecule has 0 saturated heterocycles. The SMILES string of the molecule is Cc1ccc(-c2cnc(N)c(C(=O)Cc3ccc(C(=O)CS(C)(=O)=O)cc3)n2)cc1. The van der Waals surface area contributed by atoms with Crippen LogP contribution >= 0.6 is 0 Å². The number of sulfone groups is 1. The van der Waals surface area contributed by atoms with Crippen molar-refractivity contribution < 1.29 is 18.0 Å². The number of rotatable bonds is 7. The molecule has 0 spiro atoms. The zero-order chi connectivity index (χ0) is 21.9.